The molecule has 0 spiro atoms. The highest BCUT2D eigenvalue weighted by Gasteiger charge is 2.35. The van der Waals surface area contributed by atoms with Gasteiger partial charge in [-0.25, -0.2) is 0 Å². The van der Waals surface area contributed by atoms with Crippen molar-refractivity contribution in [1.29, 1.82) is 0 Å². The molecule has 1 amide bonds. The number of likely N-dealkylation sites (tertiary alicyclic amines) is 1. The van der Waals surface area contributed by atoms with Crippen LogP contribution in [0.15, 0.2) is 28.8 Å². The smallest absolute Gasteiger partial charge is 0.260 e. The zero-order chi connectivity index (χ0) is 18.0. The van der Waals surface area contributed by atoms with Crippen molar-refractivity contribution in [3.8, 4) is 11.3 Å². The number of methoxy groups -OCH3 is 1. The Morgan fingerprint density at radius 3 is 2.84 bits per heavy atom. The predicted molar refractivity (Wildman–Crippen MR) is 93.5 cm³/mol. The summed E-state index contributed by atoms with van der Waals surface area (Å²) in [6, 6.07) is 7.03. The summed E-state index contributed by atoms with van der Waals surface area (Å²) in [6.07, 6.45) is 0.882. The molecular weight excluding hydrogens is 344 g/mol. The van der Waals surface area contributed by atoms with E-state index in [1.54, 1.807) is 43.2 Å². The van der Waals surface area contributed by atoms with Gasteiger partial charge in [0.1, 0.15) is 17.4 Å². The highest BCUT2D eigenvalue weighted by atomic mass is 35.5. The minimum absolute atomic E-state index is 0.0207. The topological polar surface area (TPSA) is 75.8 Å². The first-order valence-corrected chi connectivity index (χ1v) is 8.64. The maximum absolute atomic E-state index is 13.2. The van der Waals surface area contributed by atoms with Crippen LogP contribution in [0.3, 0.4) is 0 Å². The van der Waals surface area contributed by atoms with Gasteiger partial charge in [0.15, 0.2) is 5.76 Å². The second kappa shape index (κ2) is 7.56. The van der Waals surface area contributed by atoms with Crippen LogP contribution in [0.25, 0.3) is 11.3 Å². The van der Waals surface area contributed by atoms with Gasteiger partial charge in [0.25, 0.3) is 5.91 Å². The minimum atomic E-state index is -0.934. The maximum Gasteiger partial charge on any atom is 0.260 e. The van der Waals surface area contributed by atoms with Crippen molar-refractivity contribution in [2.75, 3.05) is 20.3 Å². The number of hydrogen-bond donors (Lipinski definition) is 1. The molecule has 2 aromatic rings. The number of aromatic nitrogens is 1. The Balaban J connectivity index is 2.02. The molecule has 25 heavy (non-hydrogen) atoms. The highest BCUT2D eigenvalue weighted by molar-refractivity contribution is 6.30. The van der Waals surface area contributed by atoms with Crippen molar-refractivity contribution < 1.29 is 19.2 Å². The van der Waals surface area contributed by atoms with E-state index in [9.17, 15) is 9.90 Å². The molecule has 1 saturated heterocycles. The number of hydrogen-bond acceptors (Lipinski definition) is 5. The molecule has 1 aliphatic heterocycles. The number of amides is 1. The molecule has 6 nitrogen and oxygen atoms in total. The lowest BCUT2D eigenvalue weighted by Crippen LogP contribution is -2.38. The first-order valence-electron chi connectivity index (χ1n) is 8.26. The van der Waals surface area contributed by atoms with Gasteiger partial charge in [-0.3, -0.25) is 4.79 Å². The van der Waals surface area contributed by atoms with Crippen molar-refractivity contribution in [2.24, 2.45) is 0 Å². The van der Waals surface area contributed by atoms with E-state index in [1.165, 1.54) is 0 Å². The lowest BCUT2D eigenvalue weighted by molar-refractivity contribution is 0.0621. The number of nitrogens with zero attached hydrogens (tertiary/aromatic N) is 2. The standard InChI is InChI=1S/C18H21ClN2O4/c1-11(22)17-15(18(23)21-9-3-4-14(21)10-24-2)16(20-25-17)12-5-7-13(19)8-6-12/h5-8,11,14,22H,3-4,9-10H2,1-2H3/t11-,14+/m0/s1. The molecule has 0 bridgehead atoms. The fourth-order valence-corrected chi connectivity index (χ4v) is 3.34. The lowest BCUT2D eigenvalue weighted by atomic mass is 10.0. The summed E-state index contributed by atoms with van der Waals surface area (Å²) < 4.78 is 10.5. The molecule has 134 valence electrons. The second-order valence-electron chi connectivity index (χ2n) is 6.20. The quantitative estimate of drug-likeness (QED) is 0.880. The Kier molecular flexibility index (Phi) is 5.42. The van der Waals surface area contributed by atoms with Crippen molar-refractivity contribution in [1.82, 2.24) is 10.1 Å². The molecule has 1 aliphatic rings. The molecule has 1 aromatic carbocycles. The number of aliphatic hydroxyl groups excluding tert-OH is 1. The van der Waals surface area contributed by atoms with Crippen LogP contribution in [0.1, 0.15) is 42.0 Å². The Morgan fingerprint density at radius 2 is 2.20 bits per heavy atom. The molecule has 2 atom stereocenters. The third-order valence-electron chi connectivity index (χ3n) is 4.43. The average molecular weight is 365 g/mol. The summed E-state index contributed by atoms with van der Waals surface area (Å²) in [5, 5.41) is 14.7. The number of rotatable bonds is 5. The van der Waals surface area contributed by atoms with E-state index < -0.39 is 6.10 Å². The van der Waals surface area contributed by atoms with Crippen LogP contribution in [0.4, 0.5) is 0 Å². The lowest BCUT2D eigenvalue weighted by Gasteiger charge is -2.24. The van der Waals surface area contributed by atoms with E-state index in [1.807, 2.05) is 0 Å². The van der Waals surface area contributed by atoms with Gasteiger partial charge in [-0.2, -0.15) is 0 Å². The van der Waals surface area contributed by atoms with E-state index in [0.29, 0.717) is 35.0 Å². The fraction of sp³-hybridized carbons (Fsp3) is 0.444. The average Bonchev–Trinajstić information content (AvgIpc) is 3.22. The predicted octanol–water partition coefficient (Wildman–Crippen LogP) is 3.30. The number of aliphatic hydroxyl groups is 1. The van der Waals surface area contributed by atoms with Crippen LogP contribution < -0.4 is 0 Å². The third-order valence-corrected chi connectivity index (χ3v) is 4.68. The highest BCUT2D eigenvalue weighted by Crippen LogP contribution is 2.32. The van der Waals surface area contributed by atoms with E-state index in [2.05, 4.69) is 5.16 Å². The molecule has 0 aliphatic carbocycles. The third kappa shape index (κ3) is 3.56. The van der Waals surface area contributed by atoms with Gasteiger partial charge < -0.3 is 19.3 Å². The molecule has 0 saturated carbocycles. The van der Waals surface area contributed by atoms with Gasteiger partial charge in [-0.05, 0) is 31.9 Å². The number of carbonyl (C=O) groups excluding carboxylic acids is 1. The van der Waals surface area contributed by atoms with Gasteiger partial charge in [-0.1, -0.05) is 28.9 Å². The van der Waals surface area contributed by atoms with Gasteiger partial charge >= 0.3 is 0 Å². The zero-order valence-corrected chi connectivity index (χ0v) is 15.0. The molecule has 0 radical (unpaired) electrons. The van der Waals surface area contributed by atoms with Crippen LogP contribution >= 0.6 is 11.6 Å². The number of halogens is 1. The number of carbonyl (C=O) groups is 1. The Bertz CT molecular complexity index is 742. The monoisotopic (exact) mass is 364 g/mol. The van der Waals surface area contributed by atoms with Gasteiger partial charge in [0.2, 0.25) is 0 Å². The summed E-state index contributed by atoms with van der Waals surface area (Å²) in [7, 11) is 1.63. The maximum atomic E-state index is 13.2. The first-order chi connectivity index (χ1) is 12.0. The number of benzene rings is 1. The first kappa shape index (κ1) is 17.9. The van der Waals surface area contributed by atoms with Crippen molar-refractivity contribution in [3.63, 3.8) is 0 Å². The molecule has 1 N–H and O–H groups in total. The molecule has 0 unspecified atom stereocenters. The van der Waals surface area contributed by atoms with Crippen molar-refractivity contribution >= 4 is 17.5 Å². The molecule has 1 aromatic heterocycles. The number of ether oxygens (including phenoxy) is 1. The molecule has 1 fully saturated rings. The van der Waals surface area contributed by atoms with E-state index in [4.69, 9.17) is 20.9 Å². The summed E-state index contributed by atoms with van der Waals surface area (Å²) in [4.78, 5) is 15.0. The van der Waals surface area contributed by atoms with E-state index in [0.717, 1.165) is 12.8 Å². The minimum Gasteiger partial charge on any atom is -0.385 e. The van der Waals surface area contributed by atoms with Crippen LogP contribution in [-0.2, 0) is 4.74 Å². The summed E-state index contributed by atoms with van der Waals surface area (Å²) in [5.41, 5.74) is 1.44. The van der Waals surface area contributed by atoms with Crippen LogP contribution in [0.5, 0.6) is 0 Å². The summed E-state index contributed by atoms with van der Waals surface area (Å²) in [5.74, 6) is -0.0142. The van der Waals surface area contributed by atoms with E-state index >= 15 is 0 Å². The van der Waals surface area contributed by atoms with Gasteiger partial charge in [-0.15, -0.1) is 0 Å². The van der Waals surface area contributed by atoms with Crippen molar-refractivity contribution in [3.05, 3.63) is 40.6 Å². The van der Waals surface area contributed by atoms with Crippen LogP contribution in [0, 0.1) is 0 Å². The molecule has 3 rings (SSSR count). The van der Waals surface area contributed by atoms with Gasteiger partial charge in [0.05, 0.1) is 12.6 Å². The Morgan fingerprint density at radius 1 is 1.48 bits per heavy atom. The van der Waals surface area contributed by atoms with Gasteiger partial charge in [0, 0.05) is 24.2 Å². The van der Waals surface area contributed by atoms with Crippen LogP contribution in [-0.4, -0.2) is 47.4 Å². The van der Waals surface area contributed by atoms with Crippen molar-refractivity contribution in [2.45, 2.75) is 31.9 Å². The Labute approximate surface area is 151 Å². The summed E-state index contributed by atoms with van der Waals surface area (Å²) in [6.45, 7) is 2.69. The molecule has 2 heterocycles. The van der Waals surface area contributed by atoms with E-state index in [-0.39, 0.29) is 17.7 Å². The largest absolute Gasteiger partial charge is 0.385 e. The zero-order valence-electron chi connectivity index (χ0n) is 14.2. The second-order valence-corrected chi connectivity index (χ2v) is 6.64. The normalized spacial score (nSPS) is 18.6. The molecule has 7 heteroatoms. The SMILES string of the molecule is COC[C@H]1CCCN1C(=O)c1c(-c2ccc(Cl)cc2)noc1[C@H](C)O. The Hall–Kier alpha value is -1.89. The molecular formula is C18H21ClN2O4. The summed E-state index contributed by atoms with van der Waals surface area (Å²) >= 11 is 5.94. The van der Waals surface area contributed by atoms with Crippen LogP contribution in [0.2, 0.25) is 5.02 Å². The fourth-order valence-electron chi connectivity index (χ4n) is 3.21.